The highest BCUT2D eigenvalue weighted by Crippen LogP contribution is 2.50. The summed E-state index contributed by atoms with van der Waals surface area (Å²) < 4.78 is 90.1. The highest BCUT2D eigenvalue weighted by atomic mass is 32.2. The van der Waals surface area contributed by atoms with E-state index in [1.807, 2.05) is 0 Å². The van der Waals surface area contributed by atoms with Gasteiger partial charge in [0.2, 0.25) is 0 Å². The van der Waals surface area contributed by atoms with Crippen molar-refractivity contribution in [2.24, 2.45) is 0 Å². The molecular weight excluding hydrogens is 561 g/mol. The monoisotopic (exact) mass is 580 g/mol. The number of hydrogen-bond acceptors (Lipinski definition) is 7. The quantitative estimate of drug-likeness (QED) is 0.422. The average Bonchev–Trinajstić information content (AvgIpc) is 3.67. The number of alkyl halides is 3. The number of sulfone groups is 1. The van der Waals surface area contributed by atoms with Crippen LogP contribution in [0, 0.1) is 0 Å². The molecule has 3 aromatic rings. The molecule has 0 bridgehead atoms. The number of nitrogens with zero attached hydrogens (tertiary/aromatic N) is 3. The Morgan fingerprint density at radius 2 is 1.54 bits per heavy atom. The van der Waals surface area contributed by atoms with Gasteiger partial charge in [0.05, 0.1) is 33.9 Å². The van der Waals surface area contributed by atoms with Crippen LogP contribution in [-0.2, 0) is 31.2 Å². The molecule has 15 heteroatoms. The number of carbonyl (C=O) groups excluding carboxylic acids is 2. The first-order valence-corrected chi connectivity index (χ1v) is 14.3. The molecule has 0 radical (unpaired) electrons. The Hall–Kier alpha value is -3.98. The minimum atomic E-state index is -5.61. The lowest BCUT2D eigenvalue weighted by Crippen LogP contribution is -2.36. The molecule has 0 unspecified atom stereocenters. The largest absolute Gasteiger partial charge is 0.501 e. The van der Waals surface area contributed by atoms with Crippen LogP contribution in [0.5, 0.6) is 0 Å². The fourth-order valence-corrected chi connectivity index (χ4v) is 6.17. The van der Waals surface area contributed by atoms with Gasteiger partial charge in [0.15, 0.2) is 0 Å². The molecule has 3 amide bonds. The van der Waals surface area contributed by atoms with Crippen molar-refractivity contribution in [3.05, 3.63) is 78.6 Å². The Balaban J connectivity index is 1.43. The van der Waals surface area contributed by atoms with Crippen LogP contribution < -0.4 is 9.62 Å². The van der Waals surface area contributed by atoms with Crippen molar-refractivity contribution in [1.29, 1.82) is 0 Å². The number of imide groups is 1. The van der Waals surface area contributed by atoms with Gasteiger partial charge >= 0.3 is 11.5 Å². The maximum absolute atomic E-state index is 13.4. The maximum atomic E-state index is 13.4. The number of amides is 3. The molecule has 1 aromatic heterocycles. The van der Waals surface area contributed by atoms with Crippen LogP contribution in [0.2, 0.25) is 0 Å². The van der Waals surface area contributed by atoms with E-state index in [1.165, 1.54) is 35.5 Å². The summed E-state index contributed by atoms with van der Waals surface area (Å²) >= 11 is 0. The second-order valence-corrected chi connectivity index (χ2v) is 12.6. The van der Waals surface area contributed by atoms with Crippen LogP contribution in [0.15, 0.2) is 82.8 Å². The number of nitrogens with one attached hydrogen (secondary N) is 1. The van der Waals surface area contributed by atoms with Gasteiger partial charge in [0, 0.05) is 6.20 Å². The van der Waals surface area contributed by atoms with Gasteiger partial charge in [-0.1, -0.05) is 18.2 Å². The highest BCUT2D eigenvalue weighted by Gasteiger charge is 2.65. The van der Waals surface area contributed by atoms with Gasteiger partial charge in [-0.15, -0.1) is 0 Å². The SMILES string of the molecule is O=C1N(c2ccc(S(=O)(=O)C(F)(F)F)cc2)C(=O)C2(CC2)N1Cc1ccncc1NS(=O)(=O)c1ccccc1. The van der Waals surface area contributed by atoms with Crippen LogP contribution in [-0.4, -0.2) is 49.7 Å². The number of aromatic nitrogens is 1. The smallest absolute Gasteiger partial charge is 0.305 e. The number of benzene rings is 2. The third-order valence-electron chi connectivity index (χ3n) is 6.51. The van der Waals surface area contributed by atoms with Crippen LogP contribution >= 0.6 is 0 Å². The third-order valence-corrected chi connectivity index (χ3v) is 9.39. The van der Waals surface area contributed by atoms with Crippen molar-refractivity contribution in [3.8, 4) is 0 Å². The zero-order chi connectivity index (χ0) is 28.2. The second kappa shape index (κ2) is 9.05. The van der Waals surface area contributed by atoms with E-state index in [1.54, 1.807) is 18.2 Å². The zero-order valence-corrected chi connectivity index (χ0v) is 21.4. The molecule has 39 heavy (non-hydrogen) atoms. The minimum Gasteiger partial charge on any atom is -0.305 e. The van der Waals surface area contributed by atoms with Gasteiger partial charge in [-0.25, -0.2) is 26.5 Å². The summed E-state index contributed by atoms with van der Waals surface area (Å²) in [5.74, 6) is -0.612. The molecule has 204 valence electrons. The van der Waals surface area contributed by atoms with E-state index in [-0.39, 0.29) is 22.8 Å². The molecule has 2 fully saturated rings. The second-order valence-electron chi connectivity index (χ2n) is 8.94. The van der Waals surface area contributed by atoms with Crippen molar-refractivity contribution in [3.63, 3.8) is 0 Å². The van der Waals surface area contributed by atoms with Crippen molar-refractivity contribution < 1.29 is 39.6 Å². The average molecular weight is 581 g/mol. The number of sulfonamides is 1. The molecule has 2 aromatic carbocycles. The maximum Gasteiger partial charge on any atom is 0.501 e. The molecule has 5 rings (SSSR count). The number of urea groups is 1. The summed E-state index contributed by atoms with van der Waals surface area (Å²) in [6, 6.07) is 11.6. The Morgan fingerprint density at radius 1 is 0.897 bits per heavy atom. The van der Waals surface area contributed by atoms with Crippen molar-refractivity contribution in [2.45, 2.75) is 40.2 Å². The zero-order valence-electron chi connectivity index (χ0n) is 19.8. The lowest BCUT2D eigenvalue weighted by Gasteiger charge is -2.23. The van der Waals surface area contributed by atoms with E-state index in [2.05, 4.69) is 9.71 Å². The summed E-state index contributed by atoms with van der Waals surface area (Å²) in [6.45, 7) is -0.170. The fraction of sp³-hybridized carbons (Fsp3) is 0.208. The number of carbonyl (C=O) groups is 2. The van der Waals surface area contributed by atoms with E-state index in [0.717, 1.165) is 17.0 Å². The first-order chi connectivity index (χ1) is 18.3. The summed E-state index contributed by atoms with van der Waals surface area (Å²) in [5.41, 5.74) is -6.36. The topological polar surface area (TPSA) is 134 Å². The molecule has 2 aliphatic rings. The van der Waals surface area contributed by atoms with E-state index in [0.29, 0.717) is 30.5 Å². The number of rotatable bonds is 7. The first-order valence-electron chi connectivity index (χ1n) is 11.4. The standard InChI is InChI=1S/C24H19F3N4O6S2/c25-24(26,27)38(34,35)18-8-6-17(7-9-18)31-21(32)23(11-12-23)30(22(31)33)15-16-10-13-28-14-20(16)29-39(36,37)19-4-2-1-3-5-19/h1-10,13-14,29H,11-12,15H2. The van der Waals surface area contributed by atoms with Crippen LogP contribution in [0.4, 0.5) is 29.3 Å². The molecule has 10 nitrogen and oxygen atoms in total. The summed E-state index contributed by atoms with van der Waals surface area (Å²) in [5, 5.41) is 0. The van der Waals surface area contributed by atoms with Gasteiger partial charge in [-0.3, -0.25) is 14.5 Å². The Morgan fingerprint density at radius 3 is 2.13 bits per heavy atom. The number of hydrogen-bond donors (Lipinski definition) is 1. The normalized spacial score (nSPS) is 17.1. The van der Waals surface area contributed by atoms with Crippen LogP contribution in [0.3, 0.4) is 0 Å². The van der Waals surface area contributed by atoms with E-state index in [4.69, 9.17) is 0 Å². The highest BCUT2D eigenvalue weighted by molar-refractivity contribution is 7.92. The lowest BCUT2D eigenvalue weighted by atomic mass is 10.1. The molecule has 1 spiro atoms. The summed E-state index contributed by atoms with van der Waals surface area (Å²) in [4.78, 5) is 31.7. The molecule has 1 saturated carbocycles. The predicted molar refractivity (Wildman–Crippen MR) is 132 cm³/mol. The van der Waals surface area contributed by atoms with Gasteiger partial charge in [-0.2, -0.15) is 13.2 Å². The molecular formula is C24H19F3N4O6S2. The molecule has 1 saturated heterocycles. The molecule has 0 atom stereocenters. The fourth-order valence-electron chi connectivity index (χ4n) is 4.30. The third kappa shape index (κ3) is 4.50. The lowest BCUT2D eigenvalue weighted by molar-refractivity contribution is -0.120. The molecule has 1 aliphatic carbocycles. The number of pyridine rings is 1. The van der Waals surface area contributed by atoms with Gasteiger partial charge in [0.25, 0.3) is 25.8 Å². The first kappa shape index (κ1) is 26.6. The Kier molecular flexibility index (Phi) is 6.18. The van der Waals surface area contributed by atoms with Gasteiger partial charge < -0.3 is 4.90 Å². The Labute approximate surface area is 221 Å². The van der Waals surface area contributed by atoms with Crippen LogP contribution in [0.25, 0.3) is 0 Å². The van der Waals surface area contributed by atoms with E-state index in [9.17, 15) is 39.6 Å². The molecule has 2 heterocycles. The van der Waals surface area contributed by atoms with Gasteiger partial charge in [-0.05, 0) is 60.9 Å². The summed E-state index contributed by atoms with van der Waals surface area (Å²) in [7, 11) is -9.59. The van der Waals surface area contributed by atoms with E-state index >= 15 is 0 Å². The molecule has 1 aliphatic heterocycles. The number of halogens is 3. The minimum absolute atomic E-state index is 0.00746. The molecule has 1 N–H and O–H groups in total. The van der Waals surface area contributed by atoms with Crippen molar-refractivity contribution in [1.82, 2.24) is 9.88 Å². The van der Waals surface area contributed by atoms with E-state index < -0.39 is 47.7 Å². The predicted octanol–water partition coefficient (Wildman–Crippen LogP) is 3.68. The summed E-state index contributed by atoms with van der Waals surface area (Å²) in [6.07, 6.45) is 3.32. The van der Waals surface area contributed by atoms with Crippen molar-refractivity contribution >= 4 is 43.2 Å². The van der Waals surface area contributed by atoms with Crippen LogP contribution in [0.1, 0.15) is 18.4 Å². The van der Waals surface area contributed by atoms with Gasteiger partial charge in [0.1, 0.15) is 5.54 Å². The van der Waals surface area contributed by atoms with Crippen molar-refractivity contribution in [2.75, 3.05) is 9.62 Å². The Bertz CT molecular complexity index is 1670. The number of anilines is 2.